The Labute approximate surface area is 96.6 Å². The predicted octanol–water partition coefficient (Wildman–Crippen LogP) is 2.04. The van der Waals surface area contributed by atoms with Crippen molar-refractivity contribution in [1.82, 2.24) is 4.90 Å². The SMILES string of the molecule is CN(C)C(=O)c1cc2cc([N+](=O)[O-])ccc2o1. The average molecular weight is 234 g/mol. The van der Waals surface area contributed by atoms with Gasteiger partial charge in [-0.2, -0.15) is 0 Å². The molecule has 1 amide bonds. The monoisotopic (exact) mass is 234 g/mol. The zero-order valence-electron chi connectivity index (χ0n) is 9.34. The molecule has 0 unspecified atom stereocenters. The second-order valence-corrected chi connectivity index (χ2v) is 3.79. The lowest BCUT2D eigenvalue weighted by atomic mass is 10.2. The number of nitro groups is 1. The number of rotatable bonds is 2. The number of carbonyl (C=O) groups is 1. The molecule has 6 nitrogen and oxygen atoms in total. The highest BCUT2D eigenvalue weighted by atomic mass is 16.6. The molecule has 17 heavy (non-hydrogen) atoms. The van der Waals surface area contributed by atoms with Gasteiger partial charge in [0, 0.05) is 31.6 Å². The first kappa shape index (κ1) is 11.1. The van der Waals surface area contributed by atoms with E-state index >= 15 is 0 Å². The van der Waals surface area contributed by atoms with Crippen LogP contribution in [-0.2, 0) is 0 Å². The summed E-state index contributed by atoms with van der Waals surface area (Å²) in [4.78, 5) is 23.1. The molecule has 1 heterocycles. The Morgan fingerprint density at radius 1 is 1.35 bits per heavy atom. The molecule has 0 radical (unpaired) electrons. The van der Waals surface area contributed by atoms with Crippen molar-refractivity contribution >= 4 is 22.6 Å². The van der Waals surface area contributed by atoms with Crippen LogP contribution in [0.25, 0.3) is 11.0 Å². The van der Waals surface area contributed by atoms with Gasteiger partial charge in [-0.05, 0) is 12.1 Å². The predicted molar refractivity (Wildman–Crippen MR) is 60.9 cm³/mol. The summed E-state index contributed by atoms with van der Waals surface area (Å²) in [5.41, 5.74) is 0.433. The van der Waals surface area contributed by atoms with E-state index in [9.17, 15) is 14.9 Å². The fourth-order valence-electron chi connectivity index (χ4n) is 1.47. The highest BCUT2D eigenvalue weighted by Gasteiger charge is 2.15. The van der Waals surface area contributed by atoms with Crippen LogP contribution in [0, 0.1) is 10.1 Å². The molecule has 0 saturated heterocycles. The van der Waals surface area contributed by atoms with Gasteiger partial charge in [-0.15, -0.1) is 0 Å². The fourth-order valence-corrected chi connectivity index (χ4v) is 1.47. The van der Waals surface area contributed by atoms with E-state index in [0.29, 0.717) is 11.0 Å². The lowest BCUT2D eigenvalue weighted by Gasteiger charge is -2.06. The van der Waals surface area contributed by atoms with Crippen LogP contribution in [0.5, 0.6) is 0 Å². The van der Waals surface area contributed by atoms with Gasteiger partial charge in [-0.1, -0.05) is 0 Å². The minimum atomic E-state index is -0.486. The van der Waals surface area contributed by atoms with E-state index < -0.39 is 4.92 Å². The first-order valence-electron chi connectivity index (χ1n) is 4.88. The van der Waals surface area contributed by atoms with Crippen LogP contribution >= 0.6 is 0 Å². The van der Waals surface area contributed by atoms with Crippen molar-refractivity contribution in [2.75, 3.05) is 14.1 Å². The van der Waals surface area contributed by atoms with E-state index in [1.54, 1.807) is 14.1 Å². The zero-order chi connectivity index (χ0) is 12.6. The first-order chi connectivity index (χ1) is 7.99. The van der Waals surface area contributed by atoms with Crippen LogP contribution in [0.2, 0.25) is 0 Å². The summed E-state index contributed by atoms with van der Waals surface area (Å²) in [5, 5.41) is 11.1. The summed E-state index contributed by atoms with van der Waals surface area (Å²) in [6, 6.07) is 5.71. The molecule has 0 aliphatic rings. The van der Waals surface area contributed by atoms with E-state index in [4.69, 9.17) is 4.42 Å². The van der Waals surface area contributed by atoms with Crippen molar-refractivity contribution in [1.29, 1.82) is 0 Å². The van der Waals surface area contributed by atoms with Crippen molar-refractivity contribution in [2.45, 2.75) is 0 Å². The molecule has 1 aromatic carbocycles. The number of nitrogens with zero attached hydrogens (tertiary/aromatic N) is 2. The van der Waals surface area contributed by atoms with E-state index in [1.165, 1.54) is 29.2 Å². The van der Waals surface area contributed by atoms with Crippen LogP contribution in [0.15, 0.2) is 28.7 Å². The molecule has 0 bridgehead atoms. The van der Waals surface area contributed by atoms with Crippen LogP contribution in [-0.4, -0.2) is 29.8 Å². The Morgan fingerprint density at radius 2 is 2.06 bits per heavy atom. The minimum Gasteiger partial charge on any atom is -0.451 e. The number of non-ortho nitro benzene ring substituents is 1. The summed E-state index contributed by atoms with van der Waals surface area (Å²) in [6.07, 6.45) is 0. The highest BCUT2D eigenvalue weighted by Crippen LogP contribution is 2.24. The lowest BCUT2D eigenvalue weighted by molar-refractivity contribution is -0.384. The van der Waals surface area contributed by atoms with Crippen LogP contribution < -0.4 is 0 Å². The first-order valence-corrected chi connectivity index (χ1v) is 4.88. The number of hydrogen-bond acceptors (Lipinski definition) is 4. The Bertz CT molecular complexity index is 601. The number of hydrogen-bond donors (Lipinski definition) is 0. The smallest absolute Gasteiger partial charge is 0.289 e. The van der Waals surface area contributed by atoms with Crippen molar-refractivity contribution in [3.8, 4) is 0 Å². The molecule has 0 spiro atoms. The van der Waals surface area contributed by atoms with Crippen molar-refractivity contribution in [3.05, 3.63) is 40.1 Å². The van der Waals surface area contributed by atoms with Gasteiger partial charge in [0.15, 0.2) is 5.76 Å². The minimum absolute atomic E-state index is 0.0258. The molecule has 0 atom stereocenters. The van der Waals surface area contributed by atoms with Gasteiger partial charge in [0.05, 0.1) is 4.92 Å². The summed E-state index contributed by atoms with van der Waals surface area (Å²) in [5.74, 6) is -0.102. The number of carbonyl (C=O) groups excluding carboxylic acids is 1. The molecule has 0 fully saturated rings. The maximum absolute atomic E-state index is 11.6. The maximum Gasteiger partial charge on any atom is 0.289 e. The number of nitro benzene ring substituents is 1. The maximum atomic E-state index is 11.6. The van der Waals surface area contributed by atoms with Gasteiger partial charge in [0.2, 0.25) is 0 Å². The van der Waals surface area contributed by atoms with Crippen LogP contribution in [0.1, 0.15) is 10.6 Å². The van der Waals surface area contributed by atoms with E-state index in [0.717, 1.165) is 0 Å². The molecule has 2 rings (SSSR count). The summed E-state index contributed by atoms with van der Waals surface area (Å²) in [6.45, 7) is 0. The molecule has 88 valence electrons. The van der Waals surface area contributed by atoms with E-state index in [1.807, 2.05) is 0 Å². The lowest BCUT2D eigenvalue weighted by Crippen LogP contribution is -2.20. The van der Waals surface area contributed by atoms with E-state index in [2.05, 4.69) is 0 Å². The molecule has 1 aromatic heterocycles. The van der Waals surface area contributed by atoms with Crippen molar-refractivity contribution < 1.29 is 14.1 Å². The number of furan rings is 1. The van der Waals surface area contributed by atoms with Gasteiger partial charge in [0.1, 0.15) is 5.58 Å². The Morgan fingerprint density at radius 3 is 2.65 bits per heavy atom. The Kier molecular flexibility index (Phi) is 2.55. The largest absolute Gasteiger partial charge is 0.451 e. The summed E-state index contributed by atoms with van der Waals surface area (Å²) in [7, 11) is 3.22. The average Bonchev–Trinajstić information content (AvgIpc) is 2.69. The number of fused-ring (bicyclic) bond motifs is 1. The molecular formula is C11H10N2O4. The molecule has 6 heteroatoms. The molecular weight excluding hydrogens is 224 g/mol. The molecule has 0 aliphatic carbocycles. The fraction of sp³-hybridized carbons (Fsp3) is 0.182. The highest BCUT2D eigenvalue weighted by molar-refractivity contribution is 5.96. The quantitative estimate of drug-likeness (QED) is 0.588. The second-order valence-electron chi connectivity index (χ2n) is 3.79. The zero-order valence-corrected chi connectivity index (χ0v) is 9.34. The second kappa shape index (κ2) is 3.89. The van der Waals surface area contributed by atoms with Crippen molar-refractivity contribution in [3.63, 3.8) is 0 Å². The Hall–Kier alpha value is -2.37. The standard InChI is InChI=1S/C11H10N2O4/c1-12(2)11(14)10-6-7-5-8(13(15)16)3-4-9(7)17-10/h3-6H,1-2H3. The van der Waals surface area contributed by atoms with Crippen LogP contribution in [0.4, 0.5) is 5.69 Å². The third-order valence-corrected chi connectivity index (χ3v) is 2.33. The van der Waals surface area contributed by atoms with Gasteiger partial charge >= 0.3 is 0 Å². The van der Waals surface area contributed by atoms with Gasteiger partial charge in [-0.3, -0.25) is 14.9 Å². The summed E-state index contributed by atoms with van der Waals surface area (Å²) < 4.78 is 5.31. The van der Waals surface area contributed by atoms with Gasteiger partial charge in [0.25, 0.3) is 11.6 Å². The molecule has 0 aliphatic heterocycles. The van der Waals surface area contributed by atoms with Crippen molar-refractivity contribution in [2.24, 2.45) is 0 Å². The third-order valence-electron chi connectivity index (χ3n) is 2.33. The Balaban J connectivity index is 2.51. The topological polar surface area (TPSA) is 76.6 Å². The van der Waals surface area contributed by atoms with E-state index in [-0.39, 0.29) is 17.4 Å². The van der Waals surface area contributed by atoms with Gasteiger partial charge < -0.3 is 9.32 Å². The van der Waals surface area contributed by atoms with Crippen LogP contribution in [0.3, 0.4) is 0 Å². The summed E-state index contributed by atoms with van der Waals surface area (Å²) >= 11 is 0. The molecule has 0 saturated carbocycles. The number of amides is 1. The molecule has 2 aromatic rings. The normalized spacial score (nSPS) is 10.5. The number of benzene rings is 1. The van der Waals surface area contributed by atoms with Gasteiger partial charge in [-0.25, -0.2) is 0 Å². The molecule has 0 N–H and O–H groups in total. The third kappa shape index (κ3) is 1.96.